The van der Waals surface area contributed by atoms with Gasteiger partial charge in [0.1, 0.15) is 17.2 Å². The number of carbonyl (C=O) groups is 1. The first-order valence-electron chi connectivity index (χ1n) is 11.5. The van der Waals surface area contributed by atoms with E-state index in [2.05, 4.69) is 15.3 Å². The molecular formula is C26H27N5O6S. The Morgan fingerprint density at radius 1 is 0.947 bits per heavy atom. The predicted molar refractivity (Wildman–Crippen MR) is 144 cm³/mol. The number of rotatable bonds is 10. The maximum atomic E-state index is 12.0. The van der Waals surface area contributed by atoms with Gasteiger partial charge in [-0.15, -0.1) is 0 Å². The third kappa shape index (κ3) is 6.33. The number of methoxy groups -OCH3 is 2. The van der Waals surface area contributed by atoms with E-state index < -0.39 is 10.1 Å². The summed E-state index contributed by atoms with van der Waals surface area (Å²) >= 11 is 0. The van der Waals surface area contributed by atoms with Crippen LogP contribution in [0.1, 0.15) is 10.5 Å². The summed E-state index contributed by atoms with van der Waals surface area (Å²) in [7, 11) is 1.02. The van der Waals surface area contributed by atoms with E-state index in [0.29, 0.717) is 39.5 Å². The zero-order valence-electron chi connectivity index (χ0n) is 21.3. The van der Waals surface area contributed by atoms with Gasteiger partial charge in [-0.3, -0.25) is 18.9 Å². The van der Waals surface area contributed by atoms with Crippen molar-refractivity contribution in [3.8, 4) is 22.8 Å². The molecule has 2 aromatic carbocycles. The van der Waals surface area contributed by atoms with Crippen LogP contribution >= 0.6 is 0 Å². The summed E-state index contributed by atoms with van der Waals surface area (Å²) in [5, 5.41) is 2.56. The molecule has 0 unspecified atom stereocenters. The Bertz CT molecular complexity index is 1560. The van der Waals surface area contributed by atoms with Gasteiger partial charge in [0, 0.05) is 54.9 Å². The molecule has 4 aromatic rings. The first kappa shape index (κ1) is 26.8. The number of pyridine rings is 1. The molecule has 0 saturated heterocycles. The zero-order valence-corrected chi connectivity index (χ0v) is 22.2. The fraction of sp³-hybridized carbons (Fsp3) is 0.231. The van der Waals surface area contributed by atoms with E-state index in [9.17, 15) is 13.2 Å². The largest absolute Gasteiger partial charge is 0.497 e. The van der Waals surface area contributed by atoms with Gasteiger partial charge in [0.2, 0.25) is 0 Å². The topological polar surface area (TPSA) is 133 Å². The highest BCUT2D eigenvalue weighted by atomic mass is 32.2. The number of fused-ring (bicyclic) bond motifs is 1. The van der Waals surface area contributed by atoms with Gasteiger partial charge in [-0.2, -0.15) is 8.42 Å². The summed E-state index contributed by atoms with van der Waals surface area (Å²) < 4.78 is 39.0. The summed E-state index contributed by atoms with van der Waals surface area (Å²) in [5.74, 6) is 0.838. The van der Waals surface area contributed by atoms with Gasteiger partial charge in [0.25, 0.3) is 16.0 Å². The van der Waals surface area contributed by atoms with Crippen LogP contribution in [-0.2, 0) is 14.3 Å². The molecule has 0 fully saturated rings. The minimum Gasteiger partial charge on any atom is -0.497 e. The molecule has 12 heteroatoms. The highest BCUT2D eigenvalue weighted by Gasteiger charge is 2.16. The SMILES string of the molecule is CNC(=O)c1cc(-c2cnc3ccc(N(CCOS(C)(=O)=O)c4cc(OC)cc(OC)c4)cc3n2)ccn1. The fourth-order valence-electron chi connectivity index (χ4n) is 3.78. The molecule has 0 spiro atoms. The van der Waals surface area contributed by atoms with E-state index in [0.717, 1.165) is 11.9 Å². The van der Waals surface area contributed by atoms with Crippen molar-refractivity contribution >= 4 is 38.4 Å². The number of nitrogens with one attached hydrogen (secondary N) is 1. The molecule has 0 aliphatic heterocycles. The van der Waals surface area contributed by atoms with Crippen LogP contribution < -0.4 is 19.7 Å². The molecule has 0 bridgehead atoms. The Hall–Kier alpha value is -4.29. The van der Waals surface area contributed by atoms with Crippen LogP contribution in [0.3, 0.4) is 0 Å². The van der Waals surface area contributed by atoms with Gasteiger partial charge in [-0.05, 0) is 30.3 Å². The van der Waals surface area contributed by atoms with Gasteiger partial charge in [-0.1, -0.05) is 0 Å². The molecule has 0 aliphatic carbocycles. The Kier molecular flexibility index (Phi) is 8.03. The smallest absolute Gasteiger partial charge is 0.269 e. The minimum absolute atomic E-state index is 0.0819. The fourth-order valence-corrected chi connectivity index (χ4v) is 4.16. The third-order valence-electron chi connectivity index (χ3n) is 5.61. The van der Waals surface area contributed by atoms with Crippen LogP contribution in [-0.4, -0.2) is 70.0 Å². The first-order valence-corrected chi connectivity index (χ1v) is 13.3. The average Bonchev–Trinajstić information content (AvgIpc) is 2.93. The molecule has 2 aromatic heterocycles. The molecular weight excluding hydrogens is 510 g/mol. The van der Waals surface area contributed by atoms with Gasteiger partial charge >= 0.3 is 0 Å². The number of amides is 1. The minimum atomic E-state index is -3.62. The Balaban J connectivity index is 1.77. The summed E-state index contributed by atoms with van der Waals surface area (Å²) in [4.78, 5) is 27.3. The van der Waals surface area contributed by atoms with Crippen LogP contribution in [0.25, 0.3) is 22.3 Å². The quantitative estimate of drug-likeness (QED) is 0.301. The van der Waals surface area contributed by atoms with Gasteiger partial charge in [0.05, 0.1) is 50.0 Å². The Morgan fingerprint density at radius 3 is 2.34 bits per heavy atom. The van der Waals surface area contributed by atoms with Crippen LogP contribution in [0.4, 0.5) is 11.4 Å². The van der Waals surface area contributed by atoms with Gasteiger partial charge in [-0.25, -0.2) is 4.98 Å². The molecule has 1 N–H and O–H groups in total. The van der Waals surface area contributed by atoms with E-state index in [4.69, 9.17) is 18.6 Å². The maximum absolute atomic E-state index is 12.0. The van der Waals surface area contributed by atoms with Crippen molar-refractivity contribution < 1.29 is 26.9 Å². The molecule has 4 rings (SSSR count). The summed E-state index contributed by atoms with van der Waals surface area (Å²) in [6.07, 6.45) is 4.19. The lowest BCUT2D eigenvalue weighted by molar-refractivity contribution is 0.0958. The lowest BCUT2D eigenvalue weighted by atomic mass is 10.1. The van der Waals surface area contributed by atoms with Crippen LogP contribution in [0.15, 0.2) is 60.9 Å². The first-order chi connectivity index (χ1) is 18.2. The van der Waals surface area contributed by atoms with Crippen LogP contribution in [0, 0.1) is 0 Å². The Labute approximate surface area is 220 Å². The van der Waals surface area contributed by atoms with Crippen molar-refractivity contribution in [2.75, 3.05) is 45.6 Å². The molecule has 0 radical (unpaired) electrons. The second-order valence-electron chi connectivity index (χ2n) is 8.19. The number of nitrogens with zero attached hydrogens (tertiary/aromatic N) is 4. The predicted octanol–water partition coefficient (Wildman–Crippen LogP) is 3.18. The normalized spacial score (nSPS) is 11.3. The summed E-state index contributed by atoms with van der Waals surface area (Å²) in [6, 6.07) is 14.3. The number of hydrogen-bond acceptors (Lipinski definition) is 10. The number of ether oxygens (including phenoxy) is 2. The van der Waals surface area contributed by atoms with E-state index in [1.165, 1.54) is 0 Å². The van der Waals surface area contributed by atoms with Crippen molar-refractivity contribution in [1.29, 1.82) is 0 Å². The van der Waals surface area contributed by atoms with Crippen molar-refractivity contribution in [3.05, 3.63) is 66.6 Å². The van der Waals surface area contributed by atoms with Gasteiger partial charge in [0.15, 0.2) is 0 Å². The molecule has 0 saturated carbocycles. The van der Waals surface area contributed by atoms with E-state index in [1.807, 2.05) is 35.2 Å². The van der Waals surface area contributed by atoms with E-state index in [1.54, 1.807) is 51.9 Å². The number of anilines is 2. The molecule has 198 valence electrons. The lowest BCUT2D eigenvalue weighted by Crippen LogP contribution is -2.23. The number of benzene rings is 2. The lowest BCUT2D eigenvalue weighted by Gasteiger charge is -2.26. The van der Waals surface area contributed by atoms with Crippen molar-refractivity contribution in [2.45, 2.75) is 0 Å². The van der Waals surface area contributed by atoms with E-state index in [-0.39, 0.29) is 24.8 Å². The Morgan fingerprint density at radius 2 is 1.68 bits per heavy atom. The van der Waals surface area contributed by atoms with Crippen LogP contribution in [0.5, 0.6) is 11.5 Å². The number of carbonyl (C=O) groups excluding carboxylic acids is 1. The highest BCUT2D eigenvalue weighted by molar-refractivity contribution is 7.85. The number of aromatic nitrogens is 3. The maximum Gasteiger partial charge on any atom is 0.269 e. The van der Waals surface area contributed by atoms with Crippen LogP contribution in [0.2, 0.25) is 0 Å². The third-order valence-corrected chi connectivity index (χ3v) is 6.21. The van der Waals surface area contributed by atoms with Gasteiger partial charge < -0.3 is 19.7 Å². The second kappa shape index (κ2) is 11.4. The average molecular weight is 538 g/mol. The highest BCUT2D eigenvalue weighted by Crippen LogP contribution is 2.34. The molecule has 0 aliphatic rings. The van der Waals surface area contributed by atoms with Crippen molar-refractivity contribution in [3.63, 3.8) is 0 Å². The number of hydrogen-bond donors (Lipinski definition) is 1. The summed E-state index contributed by atoms with van der Waals surface area (Å²) in [6.45, 7) is 0.128. The summed E-state index contributed by atoms with van der Waals surface area (Å²) in [5.41, 5.74) is 4.20. The zero-order chi connectivity index (χ0) is 27.3. The van der Waals surface area contributed by atoms with Crippen molar-refractivity contribution in [1.82, 2.24) is 20.3 Å². The molecule has 0 atom stereocenters. The van der Waals surface area contributed by atoms with Crippen molar-refractivity contribution in [2.24, 2.45) is 0 Å². The molecule has 38 heavy (non-hydrogen) atoms. The molecule has 11 nitrogen and oxygen atoms in total. The molecule has 2 heterocycles. The second-order valence-corrected chi connectivity index (χ2v) is 9.83. The van der Waals surface area contributed by atoms with E-state index >= 15 is 0 Å². The standard InChI is InChI=1S/C26H27N5O6S/c1-27-26(32)24-11-17(7-8-28-24)25-16-29-22-6-5-18(14-23(22)30-25)31(9-10-37-38(4,33)34)19-12-20(35-2)15-21(13-19)36-3/h5-8,11-16H,9-10H2,1-4H3,(H,27,32). The monoisotopic (exact) mass is 537 g/mol. The molecule has 1 amide bonds.